The zero-order valence-corrected chi connectivity index (χ0v) is 9.19. The third kappa shape index (κ3) is 9.43. The third-order valence-corrected chi connectivity index (χ3v) is 0.967. The molecule has 0 aromatic rings. The van der Waals surface area contributed by atoms with Crippen molar-refractivity contribution < 1.29 is 9.53 Å². The van der Waals surface area contributed by atoms with Crippen LogP contribution in [0.15, 0.2) is 5.10 Å². The van der Waals surface area contributed by atoms with Crippen LogP contribution in [-0.2, 0) is 4.74 Å². The van der Waals surface area contributed by atoms with Gasteiger partial charge in [-0.25, -0.2) is 10.2 Å². The molecule has 0 aromatic heterocycles. The van der Waals surface area contributed by atoms with Crippen LogP contribution in [-0.4, -0.2) is 22.7 Å². The minimum absolute atomic E-state index is 0.541. The molecule has 0 aliphatic heterocycles. The van der Waals surface area contributed by atoms with E-state index in [0.717, 1.165) is 0 Å². The molecule has 0 rings (SSSR count). The van der Waals surface area contributed by atoms with E-state index in [2.05, 4.69) is 10.5 Å². The van der Waals surface area contributed by atoms with E-state index in [-0.39, 0.29) is 0 Å². The summed E-state index contributed by atoms with van der Waals surface area (Å²) in [6.07, 6.45) is 0.533. The summed E-state index contributed by atoms with van der Waals surface area (Å²) in [6, 6.07) is 0. The Hall–Kier alpha value is -0.480. The molecule has 13 heavy (non-hydrogen) atoms. The Labute approximate surface area is 87.2 Å². The van der Waals surface area contributed by atoms with E-state index >= 15 is 0 Å². The van der Waals surface area contributed by atoms with Crippen LogP contribution < -0.4 is 5.43 Å². The molecule has 0 aliphatic rings. The lowest BCUT2D eigenvalue weighted by molar-refractivity contribution is 0.0529. The van der Waals surface area contributed by atoms with Crippen LogP contribution in [0.4, 0.5) is 4.79 Å². The highest BCUT2D eigenvalue weighted by Crippen LogP contribution is 2.06. The maximum atomic E-state index is 10.9. The summed E-state index contributed by atoms with van der Waals surface area (Å²) in [5.74, 6) is 0. The van der Waals surface area contributed by atoms with E-state index in [9.17, 15) is 4.79 Å². The fourth-order valence-corrected chi connectivity index (χ4v) is 0.560. The van der Waals surface area contributed by atoms with E-state index < -0.39 is 16.5 Å². The Balaban J connectivity index is 3.77. The van der Waals surface area contributed by atoms with E-state index in [1.165, 1.54) is 6.21 Å². The van der Waals surface area contributed by atoms with Crippen molar-refractivity contribution in [3.63, 3.8) is 0 Å². The minimum atomic E-state index is -0.741. The van der Waals surface area contributed by atoms with Gasteiger partial charge in [0.25, 0.3) is 0 Å². The van der Waals surface area contributed by atoms with Gasteiger partial charge in [-0.05, 0) is 20.8 Å². The highest BCUT2D eigenvalue weighted by molar-refractivity contribution is 6.51. The summed E-state index contributed by atoms with van der Waals surface area (Å²) in [4.78, 5) is 10.2. The van der Waals surface area contributed by atoms with Crippen molar-refractivity contribution in [2.45, 2.75) is 31.2 Å². The molecule has 0 saturated carbocycles. The summed E-state index contributed by atoms with van der Waals surface area (Å²) in [5.41, 5.74) is 1.57. The first kappa shape index (κ1) is 12.5. The molecule has 0 heterocycles. The van der Waals surface area contributed by atoms with Crippen molar-refractivity contribution in [3.8, 4) is 0 Å². The Morgan fingerprint density at radius 1 is 1.54 bits per heavy atom. The number of carbonyl (C=O) groups excluding carboxylic acids is 1. The average molecular weight is 227 g/mol. The number of hydrogen-bond acceptors (Lipinski definition) is 3. The number of ether oxygens (including phenoxy) is 1. The lowest BCUT2D eigenvalue weighted by Crippen LogP contribution is -2.29. The Morgan fingerprint density at radius 3 is 2.46 bits per heavy atom. The SMILES string of the molecule is CC(C)(C)OC(=O)N/N=C/C(Cl)Cl. The van der Waals surface area contributed by atoms with Gasteiger partial charge in [0.05, 0.1) is 6.21 Å². The number of nitrogens with zero attached hydrogens (tertiary/aromatic N) is 1. The lowest BCUT2D eigenvalue weighted by atomic mass is 10.2. The van der Waals surface area contributed by atoms with E-state index in [1.54, 1.807) is 20.8 Å². The van der Waals surface area contributed by atoms with Crippen molar-refractivity contribution >= 4 is 35.5 Å². The van der Waals surface area contributed by atoms with Gasteiger partial charge in [0, 0.05) is 0 Å². The number of hydrazone groups is 1. The number of carbonyl (C=O) groups is 1. The average Bonchev–Trinajstić information content (AvgIpc) is 1.81. The van der Waals surface area contributed by atoms with Gasteiger partial charge in [-0.1, -0.05) is 23.2 Å². The number of amides is 1. The monoisotopic (exact) mass is 226 g/mol. The molecule has 0 atom stereocenters. The highest BCUT2D eigenvalue weighted by atomic mass is 35.5. The standard InChI is InChI=1S/C7H12Cl2N2O2/c1-7(2,3)13-6(12)11-10-4-5(8)9/h4-5H,1-3H3,(H,11,12)/b10-4+. The van der Waals surface area contributed by atoms with E-state index in [4.69, 9.17) is 27.9 Å². The maximum Gasteiger partial charge on any atom is 0.428 e. The van der Waals surface area contributed by atoms with Crippen molar-refractivity contribution in [3.05, 3.63) is 0 Å². The quantitative estimate of drug-likeness (QED) is 0.447. The molecule has 76 valence electrons. The van der Waals surface area contributed by atoms with Crippen molar-refractivity contribution in [2.24, 2.45) is 5.10 Å². The van der Waals surface area contributed by atoms with Gasteiger partial charge in [0.15, 0.2) is 0 Å². The molecular weight excluding hydrogens is 215 g/mol. The first-order valence-electron chi connectivity index (χ1n) is 3.61. The molecule has 0 aliphatic carbocycles. The van der Waals surface area contributed by atoms with Crippen LogP contribution >= 0.6 is 23.2 Å². The van der Waals surface area contributed by atoms with E-state index in [1.807, 2.05) is 0 Å². The largest absolute Gasteiger partial charge is 0.443 e. The third-order valence-electron chi connectivity index (χ3n) is 0.742. The highest BCUT2D eigenvalue weighted by Gasteiger charge is 2.15. The van der Waals surface area contributed by atoms with E-state index in [0.29, 0.717) is 0 Å². The molecule has 0 radical (unpaired) electrons. The smallest absolute Gasteiger partial charge is 0.428 e. The first-order valence-corrected chi connectivity index (χ1v) is 4.49. The van der Waals surface area contributed by atoms with Gasteiger partial charge in [-0.2, -0.15) is 5.10 Å². The number of rotatable bonds is 2. The van der Waals surface area contributed by atoms with Gasteiger partial charge in [-0.3, -0.25) is 0 Å². The first-order chi connectivity index (χ1) is 5.81. The summed E-state index contributed by atoms with van der Waals surface area (Å²) in [7, 11) is 0. The number of alkyl halides is 2. The topological polar surface area (TPSA) is 50.7 Å². The minimum Gasteiger partial charge on any atom is -0.443 e. The number of halogens is 2. The summed E-state index contributed by atoms with van der Waals surface area (Å²) >= 11 is 10.6. The van der Waals surface area contributed by atoms with Gasteiger partial charge in [0.2, 0.25) is 0 Å². The van der Waals surface area contributed by atoms with Crippen LogP contribution in [0.1, 0.15) is 20.8 Å². The Morgan fingerprint density at radius 2 is 2.08 bits per heavy atom. The second-order valence-electron chi connectivity index (χ2n) is 3.23. The van der Waals surface area contributed by atoms with Gasteiger partial charge in [0.1, 0.15) is 10.4 Å². The molecule has 1 N–H and O–H groups in total. The molecule has 0 unspecified atom stereocenters. The Bertz CT molecular complexity index is 199. The molecule has 0 bridgehead atoms. The van der Waals surface area contributed by atoms with Crippen molar-refractivity contribution in [1.82, 2.24) is 5.43 Å². The zero-order chi connectivity index (χ0) is 10.5. The normalized spacial score (nSPS) is 12.2. The fraction of sp³-hybridized carbons (Fsp3) is 0.714. The molecule has 0 aromatic carbocycles. The molecule has 6 heteroatoms. The van der Waals surface area contributed by atoms with Gasteiger partial charge < -0.3 is 4.74 Å². The van der Waals surface area contributed by atoms with Crippen LogP contribution in [0.3, 0.4) is 0 Å². The number of hydrogen-bond donors (Lipinski definition) is 1. The predicted octanol–water partition coefficient (Wildman–Crippen LogP) is 2.30. The van der Waals surface area contributed by atoms with Crippen LogP contribution in [0.5, 0.6) is 0 Å². The Kier molecular flexibility index (Phi) is 5.10. The fourth-order valence-electron chi connectivity index (χ4n) is 0.447. The van der Waals surface area contributed by atoms with Crippen molar-refractivity contribution in [2.75, 3.05) is 0 Å². The van der Waals surface area contributed by atoms with Crippen LogP contribution in [0.2, 0.25) is 0 Å². The molecule has 0 spiro atoms. The second kappa shape index (κ2) is 5.29. The molecule has 0 fully saturated rings. The summed E-state index contributed by atoms with van der Waals surface area (Å²) in [5, 5.41) is 3.44. The van der Waals surface area contributed by atoms with Crippen LogP contribution in [0.25, 0.3) is 0 Å². The number of nitrogens with one attached hydrogen (secondary N) is 1. The lowest BCUT2D eigenvalue weighted by Gasteiger charge is -2.18. The molecule has 4 nitrogen and oxygen atoms in total. The van der Waals surface area contributed by atoms with Gasteiger partial charge >= 0.3 is 6.09 Å². The van der Waals surface area contributed by atoms with Crippen molar-refractivity contribution in [1.29, 1.82) is 0 Å². The maximum absolute atomic E-state index is 10.9. The predicted molar refractivity (Wildman–Crippen MR) is 53.4 cm³/mol. The summed E-state index contributed by atoms with van der Waals surface area (Å²) in [6.45, 7) is 5.26. The molecule has 1 amide bonds. The second-order valence-corrected chi connectivity index (χ2v) is 4.39. The van der Waals surface area contributed by atoms with Crippen LogP contribution in [0, 0.1) is 0 Å². The van der Waals surface area contributed by atoms with Gasteiger partial charge in [-0.15, -0.1) is 0 Å². The zero-order valence-electron chi connectivity index (χ0n) is 7.67. The molecular formula is C7H12Cl2N2O2. The summed E-state index contributed by atoms with van der Waals surface area (Å²) < 4.78 is 4.87. The molecule has 0 saturated heterocycles.